The average molecular weight is 412 g/mol. The number of benzene rings is 2. The van der Waals surface area contributed by atoms with Gasteiger partial charge in [0.05, 0.1) is 5.69 Å². The lowest BCUT2D eigenvalue weighted by atomic mass is 9.98. The summed E-state index contributed by atoms with van der Waals surface area (Å²) in [5.41, 5.74) is 3.25. The number of hydrogen-bond acceptors (Lipinski definition) is 4. The molecule has 2 N–H and O–H groups in total. The van der Waals surface area contributed by atoms with Crippen LogP contribution in [-0.2, 0) is 4.79 Å². The number of carbonyl (C=O) groups excluding carboxylic acids is 1. The number of amides is 1. The Morgan fingerprint density at radius 1 is 1.14 bits per heavy atom. The van der Waals surface area contributed by atoms with E-state index in [1.54, 1.807) is 12.1 Å². The Kier molecular flexibility index (Phi) is 7.36. The number of rotatable bonds is 9. The van der Waals surface area contributed by atoms with Gasteiger partial charge >= 0.3 is 0 Å². The number of nitrogens with one attached hydrogen (secondary N) is 2. The Morgan fingerprint density at radius 2 is 1.93 bits per heavy atom. The van der Waals surface area contributed by atoms with Crippen molar-refractivity contribution in [2.75, 3.05) is 10.6 Å². The van der Waals surface area contributed by atoms with Crippen molar-refractivity contribution >= 4 is 33.8 Å². The normalized spacial score (nSPS) is 11.8. The van der Waals surface area contributed by atoms with Gasteiger partial charge in [0, 0.05) is 28.2 Å². The van der Waals surface area contributed by atoms with Gasteiger partial charge in [-0.25, -0.2) is 9.37 Å². The first-order valence-electron chi connectivity index (χ1n) is 9.98. The Labute approximate surface area is 175 Å². The molecule has 4 nitrogen and oxygen atoms in total. The first kappa shape index (κ1) is 21.0. The number of aromatic nitrogens is 1. The first-order chi connectivity index (χ1) is 14.1. The van der Waals surface area contributed by atoms with E-state index in [2.05, 4.69) is 29.5 Å². The Morgan fingerprint density at radius 3 is 2.62 bits per heavy atom. The summed E-state index contributed by atoms with van der Waals surface area (Å²) in [6.45, 7) is 4.20. The fraction of sp³-hybridized carbons (Fsp3) is 0.304. The van der Waals surface area contributed by atoms with Crippen LogP contribution in [0.4, 0.5) is 20.9 Å². The van der Waals surface area contributed by atoms with Gasteiger partial charge in [0.15, 0.2) is 5.13 Å². The lowest BCUT2D eigenvalue weighted by Gasteiger charge is -2.14. The molecule has 0 bridgehead atoms. The summed E-state index contributed by atoms with van der Waals surface area (Å²) >= 11 is 1.46. The van der Waals surface area contributed by atoms with Crippen LogP contribution in [0.5, 0.6) is 0 Å². The molecule has 0 fully saturated rings. The molecule has 6 heteroatoms. The predicted molar refractivity (Wildman–Crippen MR) is 119 cm³/mol. The maximum absolute atomic E-state index is 13.3. The van der Waals surface area contributed by atoms with E-state index < -0.39 is 0 Å². The maximum atomic E-state index is 13.3. The summed E-state index contributed by atoms with van der Waals surface area (Å²) in [7, 11) is 0. The number of carbonyl (C=O) groups is 1. The molecule has 2 aromatic carbocycles. The molecule has 1 heterocycles. The minimum absolute atomic E-state index is 0.0598. The average Bonchev–Trinajstić information content (AvgIpc) is 3.17. The molecule has 3 aromatic rings. The van der Waals surface area contributed by atoms with E-state index in [1.807, 2.05) is 29.6 Å². The summed E-state index contributed by atoms with van der Waals surface area (Å²) in [6.07, 6.45) is 3.95. The molecule has 1 amide bonds. The van der Waals surface area contributed by atoms with Crippen LogP contribution < -0.4 is 10.6 Å². The summed E-state index contributed by atoms with van der Waals surface area (Å²) in [6, 6.07) is 14.0. The van der Waals surface area contributed by atoms with Crippen molar-refractivity contribution in [3.05, 3.63) is 59.7 Å². The van der Waals surface area contributed by atoms with Crippen molar-refractivity contribution < 1.29 is 9.18 Å². The molecule has 0 saturated carbocycles. The smallest absolute Gasteiger partial charge is 0.227 e. The maximum Gasteiger partial charge on any atom is 0.227 e. The zero-order valence-electron chi connectivity index (χ0n) is 16.7. The zero-order chi connectivity index (χ0) is 20.6. The standard InChI is InChI=1S/C23H26FN3OS/c1-3-5-7-16(4-2)22(28)25-19-12-10-17(11-13-19)21-15-29-23(27-21)26-20-9-6-8-18(24)14-20/h6,8-16H,3-5,7H2,1-2H3,(H,25,28)(H,26,27)/t16-/m1/s1. The minimum atomic E-state index is -0.288. The van der Waals surface area contributed by atoms with E-state index in [-0.39, 0.29) is 17.6 Å². The number of halogens is 1. The highest BCUT2D eigenvalue weighted by Crippen LogP contribution is 2.28. The van der Waals surface area contributed by atoms with Gasteiger partial charge in [0.1, 0.15) is 5.82 Å². The van der Waals surface area contributed by atoms with Gasteiger partial charge in [0.2, 0.25) is 5.91 Å². The molecular weight excluding hydrogens is 385 g/mol. The molecule has 152 valence electrons. The number of thiazole rings is 1. The van der Waals surface area contributed by atoms with E-state index >= 15 is 0 Å². The highest BCUT2D eigenvalue weighted by Gasteiger charge is 2.16. The van der Waals surface area contributed by atoms with Gasteiger partial charge in [0.25, 0.3) is 0 Å². The quantitative estimate of drug-likeness (QED) is 0.405. The highest BCUT2D eigenvalue weighted by molar-refractivity contribution is 7.14. The van der Waals surface area contributed by atoms with E-state index in [0.29, 0.717) is 10.8 Å². The van der Waals surface area contributed by atoms with Crippen molar-refractivity contribution in [2.45, 2.75) is 39.5 Å². The van der Waals surface area contributed by atoms with E-state index in [1.165, 1.54) is 23.5 Å². The molecule has 29 heavy (non-hydrogen) atoms. The molecule has 0 aliphatic heterocycles. The second-order valence-corrected chi connectivity index (χ2v) is 7.85. The number of nitrogens with zero attached hydrogens (tertiary/aromatic N) is 1. The van der Waals surface area contributed by atoms with Crippen molar-refractivity contribution in [1.29, 1.82) is 0 Å². The van der Waals surface area contributed by atoms with Gasteiger partial charge < -0.3 is 10.6 Å². The van der Waals surface area contributed by atoms with Crippen LogP contribution in [0.1, 0.15) is 39.5 Å². The van der Waals surface area contributed by atoms with Crippen LogP contribution in [0.15, 0.2) is 53.9 Å². The lowest BCUT2D eigenvalue weighted by Crippen LogP contribution is -2.22. The first-order valence-corrected chi connectivity index (χ1v) is 10.9. The summed E-state index contributed by atoms with van der Waals surface area (Å²) in [5.74, 6) is -0.141. The van der Waals surface area contributed by atoms with Crippen LogP contribution >= 0.6 is 11.3 Å². The van der Waals surface area contributed by atoms with Gasteiger partial charge in [-0.15, -0.1) is 11.3 Å². The molecular formula is C23H26FN3OS. The third-order valence-corrected chi connectivity index (χ3v) is 5.56. The Hall–Kier alpha value is -2.73. The molecule has 0 unspecified atom stereocenters. The van der Waals surface area contributed by atoms with E-state index in [4.69, 9.17) is 0 Å². The van der Waals surface area contributed by atoms with Gasteiger partial charge in [-0.05, 0) is 43.2 Å². The number of anilines is 3. The van der Waals surface area contributed by atoms with Crippen LogP contribution in [0, 0.1) is 11.7 Å². The minimum Gasteiger partial charge on any atom is -0.331 e. The van der Waals surface area contributed by atoms with E-state index in [0.717, 1.165) is 42.6 Å². The molecule has 0 radical (unpaired) electrons. The Balaban J connectivity index is 1.63. The van der Waals surface area contributed by atoms with Crippen LogP contribution in [0.25, 0.3) is 11.3 Å². The summed E-state index contributed by atoms with van der Waals surface area (Å²) in [5, 5.41) is 8.79. The summed E-state index contributed by atoms with van der Waals surface area (Å²) < 4.78 is 13.3. The topological polar surface area (TPSA) is 54.0 Å². The van der Waals surface area contributed by atoms with Crippen LogP contribution in [-0.4, -0.2) is 10.9 Å². The summed E-state index contributed by atoms with van der Waals surface area (Å²) in [4.78, 5) is 17.0. The second kappa shape index (κ2) is 10.2. The molecule has 0 spiro atoms. The van der Waals surface area contributed by atoms with Crippen LogP contribution in [0.2, 0.25) is 0 Å². The molecule has 1 aromatic heterocycles. The molecule has 0 aliphatic rings. The van der Waals surface area contributed by atoms with Gasteiger partial charge in [-0.3, -0.25) is 4.79 Å². The second-order valence-electron chi connectivity index (χ2n) is 6.99. The molecule has 0 saturated heterocycles. The molecule has 1 atom stereocenters. The van der Waals surface area contributed by atoms with Crippen molar-refractivity contribution in [1.82, 2.24) is 4.98 Å². The third-order valence-electron chi connectivity index (χ3n) is 4.80. The third kappa shape index (κ3) is 5.87. The lowest BCUT2D eigenvalue weighted by molar-refractivity contribution is -0.120. The van der Waals surface area contributed by atoms with Crippen molar-refractivity contribution in [2.24, 2.45) is 5.92 Å². The van der Waals surface area contributed by atoms with E-state index in [9.17, 15) is 9.18 Å². The zero-order valence-corrected chi connectivity index (χ0v) is 17.6. The van der Waals surface area contributed by atoms with Crippen molar-refractivity contribution in [3.8, 4) is 11.3 Å². The molecule has 0 aliphatic carbocycles. The highest BCUT2D eigenvalue weighted by atomic mass is 32.1. The molecule has 3 rings (SSSR count). The Bertz CT molecular complexity index is 939. The number of unbranched alkanes of at least 4 members (excludes halogenated alkanes) is 1. The van der Waals surface area contributed by atoms with Gasteiger partial charge in [-0.2, -0.15) is 0 Å². The fourth-order valence-electron chi connectivity index (χ4n) is 3.09. The van der Waals surface area contributed by atoms with Crippen molar-refractivity contribution in [3.63, 3.8) is 0 Å². The predicted octanol–water partition coefficient (Wildman–Crippen LogP) is 6.85. The number of hydrogen-bond donors (Lipinski definition) is 2. The largest absolute Gasteiger partial charge is 0.331 e. The van der Waals surface area contributed by atoms with Gasteiger partial charge in [-0.1, -0.05) is 44.9 Å². The monoisotopic (exact) mass is 411 g/mol. The van der Waals surface area contributed by atoms with Crippen LogP contribution in [0.3, 0.4) is 0 Å². The fourth-order valence-corrected chi connectivity index (χ4v) is 3.83. The SMILES string of the molecule is CCCC[C@@H](CC)C(=O)Nc1ccc(-c2csc(Nc3cccc(F)c3)n2)cc1.